The van der Waals surface area contributed by atoms with Crippen LogP contribution in [0.15, 0.2) is 11.6 Å². The van der Waals surface area contributed by atoms with Crippen molar-refractivity contribution in [3.8, 4) is 0 Å². The summed E-state index contributed by atoms with van der Waals surface area (Å²) in [6, 6.07) is -0.919. The van der Waals surface area contributed by atoms with Crippen LogP contribution in [0.25, 0.3) is 0 Å². The van der Waals surface area contributed by atoms with Crippen LogP contribution >= 0.6 is 7.75 Å². The molecular weight excluding hydrogens is 449 g/mol. The van der Waals surface area contributed by atoms with Gasteiger partial charge in [-0.15, -0.1) is 0 Å². The van der Waals surface area contributed by atoms with Gasteiger partial charge in [0.15, 0.2) is 0 Å². The van der Waals surface area contributed by atoms with E-state index >= 15 is 0 Å². The van der Waals surface area contributed by atoms with E-state index in [1.54, 1.807) is 26.8 Å². The third-order valence-corrected chi connectivity index (χ3v) is 6.95. The maximum absolute atomic E-state index is 13.2. The Morgan fingerprint density at radius 3 is 2.16 bits per heavy atom. The van der Waals surface area contributed by atoms with Gasteiger partial charge in [-0.25, -0.2) is 14.4 Å². The van der Waals surface area contributed by atoms with Crippen molar-refractivity contribution in [1.82, 2.24) is 5.09 Å². The average Bonchev–Trinajstić information content (AvgIpc) is 2.67. The smallest absolute Gasteiger partial charge is 0.405 e. The molecule has 0 aromatic carbocycles. The fourth-order valence-electron chi connectivity index (χ4n) is 3.24. The number of nitrogens with one attached hydrogen (secondary N) is 1. The van der Waals surface area contributed by atoms with Gasteiger partial charge in [0.25, 0.3) is 10.1 Å². The molecule has 12 heteroatoms. The average molecular weight is 486 g/mol. The van der Waals surface area contributed by atoms with E-state index in [-0.39, 0.29) is 37.9 Å². The molecular formula is C19H36NO9PS. The molecule has 0 aromatic rings. The fraction of sp³-hybridized carbons (Fsp3) is 0.842. The predicted octanol–water partition coefficient (Wildman–Crippen LogP) is 2.94. The van der Waals surface area contributed by atoms with Crippen molar-refractivity contribution in [2.24, 2.45) is 0 Å². The Labute approximate surface area is 185 Å². The molecule has 0 radical (unpaired) electrons. The zero-order valence-corrected chi connectivity index (χ0v) is 20.9. The van der Waals surface area contributed by atoms with Gasteiger partial charge in [-0.05, 0) is 39.7 Å². The Morgan fingerprint density at radius 1 is 1.13 bits per heavy atom. The summed E-state index contributed by atoms with van der Waals surface area (Å²) in [5.41, 5.74) is 0.229. The van der Waals surface area contributed by atoms with Crippen molar-refractivity contribution < 1.29 is 40.5 Å². The Morgan fingerprint density at radius 2 is 1.71 bits per heavy atom. The van der Waals surface area contributed by atoms with Gasteiger partial charge in [-0.2, -0.15) is 8.42 Å². The van der Waals surface area contributed by atoms with Crippen LogP contribution in [0.1, 0.15) is 53.9 Å². The molecule has 0 amide bonds. The minimum absolute atomic E-state index is 0.0788. The molecule has 31 heavy (non-hydrogen) atoms. The minimum Gasteiger partial charge on any atom is -0.463 e. The van der Waals surface area contributed by atoms with Crippen molar-refractivity contribution in [2.75, 3.05) is 26.1 Å². The highest BCUT2D eigenvalue weighted by atomic mass is 32.2. The summed E-state index contributed by atoms with van der Waals surface area (Å²) in [6.07, 6.45) is 1.68. The number of carbonyl (C=O) groups is 1. The first kappa shape index (κ1) is 28.2. The lowest BCUT2D eigenvalue weighted by atomic mass is 9.90. The number of esters is 1. The van der Waals surface area contributed by atoms with E-state index in [0.29, 0.717) is 12.8 Å². The van der Waals surface area contributed by atoms with Crippen LogP contribution in [0, 0.1) is 0 Å². The van der Waals surface area contributed by atoms with Crippen molar-refractivity contribution in [3.05, 3.63) is 11.6 Å². The largest absolute Gasteiger partial charge is 0.463 e. The lowest BCUT2D eigenvalue weighted by molar-refractivity contribution is -0.139. The molecule has 0 saturated carbocycles. The van der Waals surface area contributed by atoms with Gasteiger partial charge in [-0.1, -0.05) is 13.8 Å². The van der Waals surface area contributed by atoms with Gasteiger partial charge in [0.05, 0.1) is 50.4 Å². The van der Waals surface area contributed by atoms with Gasteiger partial charge in [0.1, 0.15) is 0 Å². The molecule has 1 rings (SSSR count). The van der Waals surface area contributed by atoms with E-state index in [4.69, 9.17) is 22.7 Å². The first-order valence-corrected chi connectivity index (χ1v) is 14.0. The zero-order chi connectivity index (χ0) is 23.7. The molecule has 1 aliphatic carbocycles. The van der Waals surface area contributed by atoms with Crippen LogP contribution in [0.4, 0.5) is 0 Å². The molecule has 0 aromatic heterocycles. The van der Waals surface area contributed by atoms with Crippen LogP contribution in [-0.4, -0.2) is 64.8 Å². The molecule has 1 aliphatic rings. The molecule has 0 saturated heterocycles. The number of ether oxygens (including phenoxy) is 2. The van der Waals surface area contributed by atoms with Crippen LogP contribution in [0.2, 0.25) is 0 Å². The van der Waals surface area contributed by atoms with Crippen molar-refractivity contribution in [1.29, 1.82) is 0 Å². The first-order chi connectivity index (χ1) is 14.5. The maximum atomic E-state index is 13.2. The third kappa shape index (κ3) is 9.29. The summed E-state index contributed by atoms with van der Waals surface area (Å²) in [7, 11) is -7.70. The molecule has 0 unspecified atom stereocenters. The lowest BCUT2D eigenvalue weighted by Gasteiger charge is -2.38. The quantitative estimate of drug-likeness (QED) is 0.223. The second kappa shape index (κ2) is 13.0. The maximum Gasteiger partial charge on any atom is 0.405 e. The van der Waals surface area contributed by atoms with E-state index in [2.05, 4.69) is 5.09 Å². The standard InChI is InChI=1S/C19H36NO9PS/c1-7-15(8-2)28-16-12-14(19(21)25-9-3)13-17(29-31(6,23)24)18(16)20-30(22,26-10-4)27-11-5/h12,15-18H,7-11,13H2,1-6H3,(H,20,22)/t16-,17+,18+/m1/s1. The summed E-state index contributed by atoms with van der Waals surface area (Å²) in [5.74, 6) is -0.584. The van der Waals surface area contributed by atoms with Gasteiger partial charge in [0.2, 0.25) is 0 Å². The molecule has 0 fully saturated rings. The number of rotatable bonds is 14. The normalized spacial score (nSPS) is 22.4. The van der Waals surface area contributed by atoms with Crippen molar-refractivity contribution in [2.45, 2.75) is 78.2 Å². The van der Waals surface area contributed by atoms with Gasteiger partial charge in [-0.3, -0.25) is 13.2 Å². The Kier molecular flexibility index (Phi) is 11.9. The number of hydrogen-bond donors (Lipinski definition) is 1. The zero-order valence-electron chi connectivity index (χ0n) is 19.2. The SMILES string of the molecule is CCOC(=O)C1=C[C@@H](OC(CC)CC)[C@H](NP(=O)(OCC)OCC)[C@@H](OS(C)(=O)=O)C1. The fourth-order valence-corrected chi connectivity index (χ4v) is 5.46. The number of hydrogen-bond acceptors (Lipinski definition) is 9. The summed E-state index contributed by atoms with van der Waals surface area (Å²) in [6.45, 7) is 9.28. The highest BCUT2D eigenvalue weighted by Gasteiger charge is 2.43. The van der Waals surface area contributed by atoms with E-state index in [1.807, 2.05) is 13.8 Å². The third-order valence-electron chi connectivity index (χ3n) is 4.54. The van der Waals surface area contributed by atoms with Gasteiger partial charge in [0, 0.05) is 12.0 Å². The highest BCUT2D eigenvalue weighted by molar-refractivity contribution is 7.86. The number of carbonyl (C=O) groups excluding carboxylic acids is 1. The summed E-state index contributed by atoms with van der Waals surface area (Å²) < 4.78 is 64.2. The Bertz CT molecular complexity index is 741. The van der Waals surface area contributed by atoms with Crippen molar-refractivity contribution >= 4 is 23.8 Å². The van der Waals surface area contributed by atoms with Crippen LogP contribution < -0.4 is 5.09 Å². The molecule has 0 spiro atoms. The van der Waals surface area contributed by atoms with Crippen LogP contribution in [0.5, 0.6) is 0 Å². The highest BCUT2D eigenvalue weighted by Crippen LogP contribution is 2.46. The second-order valence-corrected chi connectivity index (χ2v) is 10.4. The molecule has 0 bridgehead atoms. The molecule has 10 nitrogen and oxygen atoms in total. The molecule has 1 N–H and O–H groups in total. The minimum atomic E-state index is -3.91. The van der Waals surface area contributed by atoms with Gasteiger partial charge < -0.3 is 9.47 Å². The van der Waals surface area contributed by atoms with Gasteiger partial charge >= 0.3 is 13.7 Å². The predicted molar refractivity (Wildman–Crippen MR) is 116 cm³/mol. The molecule has 182 valence electrons. The summed E-state index contributed by atoms with van der Waals surface area (Å²) in [5, 5.41) is 2.80. The van der Waals surface area contributed by atoms with Crippen molar-refractivity contribution in [3.63, 3.8) is 0 Å². The van der Waals surface area contributed by atoms with E-state index in [1.165, 1.54) is 0 Å². The molecule has 3 atom stereocenters. The van der Waals surface area contributed by atoms with Crippen LogP contribution in [0.3, 0.4) is 0 Å². The lowest BCUT2D eigenvalue weighted by Crippen LogP contribution is -2.53. The summed E-state index contributed by atoms with van der Waals surface area (Å²) in [4.78, 5) is 12.4. The Hall–Kier alpha value is -0.810. The monoisotopic (exact) mass is 485 g/mol. The topological polar surface area (TPSA) is 126 Å². The van der Waals surface area contributed by atoms with E-state index in [0.717, 1.165) is 6.26 Å². The molecule has 0 heterocycles. The summed E-state index contributed by atoms with van der Waals surface area (Å²) >= 11 is 0. The molecule has 0 aliphatic heterocycles. The van der Waals surface area contributed by atoms with Crippen LogP contribution in [-0.2, 0) is 42.2 Å². The second-order valence-electron chi connectivity index (χ2n) is 6.98. The van der Waals surface area contributed by atoms with E-state index < -0.39 is 42.1 Å². The Balaban J connectivity index is 3.43. The first-order valence-electron chi connectivity index (χ1n) is 10.6. The van der Waals surface area contributed by atoms with E-state index in [9.17, 15) is 17.8 Å².